The molecule has 0 aliphatic heterocycles. The fourth-order valence-electron chi connectivity index (χ4n) is 4.34. The van der Waals surface area contributed by atoms with Gasteiger partial charge in [0.1, 0.15) is 5.69 Å². The molecular weight excluding hydrogens is 391 g/mol. The van der Waals surface area contributed by atoms with E-state index in [0.29, 0.717) is 5.69 Å². The smallest absolute Gasteiger partial charge is 0.308 e. The van der Waals surface area contributed by atoms with Gasteiger partial charge in [-0.05, 0) is 65.6 Å². The Morgan fingerprint density at radius 1 is 1.28 bits per heavy atom. The minimum atomic E-state index is -0.815. The number of hydrogen-bond donors (Lipinski definition) is 3. The van der Waals surface area contributed by atoms with Gasteiger partial charge in [0, 0.05) is 12.2 Å². The maximum Gasteiger partial charge on any atom is 0.308 e. The Balaban J connectivity index is 1.69. The van der Waals surface area contributed by atoms with E-state index in [2.05, 4.69) is 36.2 Å². The van der Waals surface area contributed by atoms with E-state index in [-0.39, 0.29) is 34.1 Å². The third-order valence-electron chi connectivity index (χ3n) is 5.48. The van der Waals surface area contributed by atoms with Crippen LogP contribution in [0.5, 0.6) is 0 Å². The summed E-state index contributed by atoms with van der Waals surface area (Å²) >= 11 is 3.22. The number of nitrogens with one attached hydrogen (secondary N) is 2. The number of halogens is 2. The lowest BCUT2D eigenvalue weighted by Crippen LogP contribution is -2.51. The molecule has 0 amide bonds. The zero-order valence-corrected chi connectivity index (χ0v) is 15.0. The van der Waals surface area contributed by atoms with Crippen LogP contribution in [0.1, 0.15) is 25.7 Å². The van der Waals surface area contributed by atoms with Crippen LogP contribution in [0.4, 0.5) is 10.2 Å². The number of fused-ring (bicyclic) bond motifs is 3. The van der Waals surface area contributed by atoms with Gasteiger partial charge in [-0.3, -0.25) is 4.79 Å². The van der Waals surface area contributed by atoms with Crippen molar-refractivity contribution in [2.45, 2.75) is 31.7 Å². The third-order valence-corrected chi connectivity index (χ3v) is 5.84. The molecule has 3 fully saturated rings. The number of rotatable bonds is 4. The van der Waals surface area contributed by atoms with Crippen LogP contribution in [0.25, 0.3) is 11.4 Å². The van der Waals surface area contributed by atoms with Crippen molar-refractivity contribution in [3.63, 3.8) is 0 Å². The average molecular weight is 409 g/mol. The summed E-state index contributed by atoms with van der Waals surface area (Å²) in [6, 6.07) is 3.18. The maximum atomic E-state index is 15.0. The fraction of sp³-hybridized carbons (Fsp3) is 0.471. The Hall–Kier alpha value is -1.96. The summed E-state index contributed by atoms with van der Waals surface area (Å²) in [4.78, 5) is 22.9. The van der Waals surface area contributed by atoms with Crippen LogP contribution in [0, 0.1) is 23.6 Å². The first-order valence-corrected chi connectivity index (χ1v) is 9.20. The molecule has 0 spiro atoms. The van der Waals surface area contributed by atoms with Crippen molar-refractivity contribution in [1.82, 2.24) is 15.0 Å². The lowest BCUT2D eigenvalue weighted by Gasteiger charge is -2.47. The molecule has 2 aromatic heterocycles. The summed E-state index contributed by atoms with van der Waals surface area (Å²) in [6.07, 6.45) is 5.51. The van der Waals surface area contributed by atoms with Gasteiger partial charge in [-0.2, -0.15) is 0 Å². The van der Waals surface area contributed by atoms with E-state index < -0.39 is 17.7 Å². The van der Waals surface area contributed by atoms with E-state index in [9.17, 15) is 14.3 Å². The molecule has 6 nitrogen and oxygen atoms in total. The molecule has 0 saturated heterocycles. The summed E-state index contributed by atoms with van der Waals surface area (Å²) < 4.78 is 15.2. The van der Waals surface area contributed by atoms with Gasteiger partial charge in [-0.15, -0.1) is 0 Å². The van der Waals surface area contributed by atoms with E-state index >= 15 is 0 Å². The second-order valence-electron chi connectivity index (χ2n) is 6.80. The van der Waals surface area contributed by atoms with Gasteiger partial charge in [-0.1, -0.05) is 0 Å². The molecule has 3 aliphatic carbocycles. The largest absolute Gasteiger partial charge is 0.481 e. The minimum Gasteiger partial charge on any atom is -0.481 e. The van der Waals surface area contributed by atoms with Crippen molar-refractivity contribution in [3.05, 3.63) is 28.9 Å². The zero-order chi connectivity index (χ0) is 17.6. The molecule has 3 aliphatic rings. The molecule has 3 saturated carbocycles. The number of aliphatic carboxylic acids is 1. The van der Waals surface area contributed by atoms with E-state index in [0.717, 1.165) is 25.7 Å². The van der Waals surface area contributed by atoms with Crippen molar-refractivity contribution >= 4 is 27.7 Å². The van der Waals surface area contributed by atoms with Gasteiger partial charge < -0.3 is 15.4 Å². The fourth-order valence-corrected chi connectivity index (χ4v) is 4.70. The molecule has 3 N–H and O–H groups in total. The Kier molecular flexibility index (Phi) is 4.23. The first-order chi connectivity index (χ1) is 12.0. The van der Waals surface area contributed by atoms with Gasteiger partial charge in [-0.25, -0.2) is 14.4 Å². The first-order valence-electron chi connectivity index (χ1n) is 8.40. The van der Waals surface area contributed by atoms with E-state index in [1.54, 1.807) is 18.3 Å². The van der Waals surface area contributed by atoms with Crippen molar-refractivity contribution in [2.75, 3.05) is 5.32 Å². The summed E-state index contributed by atoms with van der Waals surface area (Å²) in [7, 11) is 0. The molecule has 2 atom stereocenters. The number of H-pyrrole nitrogens is 1. The highest BCUT2D eigenvalue weighted by Crippen LogP contribution is 2.46. The quantitative estimate of drug-likeness (QED) is 0.671. The molecule has 8 heteroatoms. The Morgan fingerprint density at radius 3 is 2.64 bits per heavy atom. The van der Waals surface area contributed by atoms with Gasteiger partial charge in [0.15, 0.2) is 16.4 Å². The molecular formula is C17H18BrFN4O2. The lowest BCUT2D eigenvalue weighted by molar-refractivity contribution is -0.148. The zero-order valence-electron chi connectivity index (χ0n) is 13.4. The summed E-state index contributed by atoms with van der Waals surface area (Å²) in [6.45, 7) is 0. The highest BCUT2D eigenvalue weighted by Gasteiger charge is 2.47. The summed E-state index contributed by atoms with van der Waals surface area (Å²) in [5, 5.41) is 12.8. The molecule has 132 valence electrons. The van der Waals surface area contributed by atoms with Crippen molar-refractivity contribution < 1.29 is 14.3 Å². The van der Waals surface area contributed by atoms with Crippen LogP contribution in [0.3, 0.4) is 0 Å². The van der Waals surface area contributed by atoms with Crippen molar-refractivity contribution in [1.29, 1.82) is 0 Å². The number of carbonyl (C=O) groups is 1. The number of aromatic amines is 1. The minimum absolute atomic E-state index is 0.0512. The summed E-state index contributed by atoms with van der Waals surface area (Å²) in [5.41, 5.74) is 0.700. The van der Waals surface area contributed by atoms with Crippen LogP contribution in [-0.4, -0.2) is 32.1 Å². The maximum absolute atomic E-state index is 15.0. The van der Waals surface area contributed by atoms with E-state index in [1.807, 2.05) is 0 Å². The van der Waals surface area contributed by atoms with Crippen LogP contribution < -0.4 is 5.32 Å². The first kappa shape index (κ1) is 16.5. The van der Waals surface area contributed by atoms with Crippen LogP contribution >= 0.6 is 15.9 Å². The Bertz CT molecular complexity index is 790. The van der Waals surface area contributed by atoms with Crippen LogP contribution in [-0.2, 0) is 4.79 Å². The predicted octanol–water partition coefficient (Wildman–Crippen LogP) is 3.67. The number of hydrogen-bond acceptors (Lipinski definition) is 4. The lowest BCUT2D eigenvalue weighted by atomic mass is 9.61. The van der Waals surface area contributed by atoms with E-state index in [4.69, 9.17) is 0 Å². The normalized spacial score (nSPS) is 28.1. The topological polar surface area (TPSA) is 90.9 Å². The average Bonchev–Trinajstić information content (AvgIpc) is 3.12. The third kappa shape index (κ3) is 2.92. The highest BCUT2D eigenvalue weighted by atomic mass is 79.9. The second-order valence-corrected chi connectivity index (χ2v) is 7.51. The molecule has 2 aromatic rings. The molecule has 2 bridgehead atoms. The van der Waals surface area contributed by atoms with Crippen LogP contribution in [0.15, 0.2) is 23.1 Å². The van der Waals surface area contributed by atoms with Crippen molar-refractivity contribution in [2.24, 2.45) is 17.8 Å². The standard InChI is InChI=1S/C17H18BrFN4O2/c18-17-22-14(10-2-1-7-20-10)12(19)15(23-17)21-13-9-5-3-8(4-6-9)11(13)16(24)25/h1-2,7-9,11,13,20H,3-6H2,(H,24,25)(H,21,22,23). The molecule has 0 radical (unpaired) electrons. The number of aromatic nitrogens is 3. The number of carboxylic acids is 1. The molecule has 2 unspecified atom stereocenters. The molecule has 2 heterocycles. The molecule has 5 rings (SSSR count). The van der Waals surface area contributed by atoms with Crippen LogP contribution in [0.2, 0.25) is 0 Å². The van der Waals surface area contributed by atoms with Gasteiger partial charge in [0.2, 0.25) is 0 Å². The number of carboxylic acid groups (broad SMARTS) is 1. The number of anilines is 1. The Morgan fingerprint density at radius 2 is 2.00 bits per heavy atom. The Labute approximate surface area is 152 Å². The molecule has 0 aromatic carbocycles. The second kappa shape index (κ2) is 6.40. The number of nitrogens with zero attached hydrogens (tertiary/aromatic N) is 2. The van der Waals surface area contributed by atoms with Crippen molar-refractivity contribution in [3.8, 4) is 11.4 Å². The monoisotopic (exact) mass is 408 g/mol. The SMILES string of the molecule is O=C(O)C1C2CCC(CC2)C1Nc1nc(Br)nc(-c2ccc[nH]2)c1F. The highest BCUT2D eigenvalue weighted by molar-refractivity contribution is 9.10. The van der Waals surface area contributed by atoms with Gasteiger partial charge in [0.05, 0.1) is 11.6 Å². The predicted molar refractivity (Wildman–Crippen MR) is 93.5 cm³/mol. The summed E-state index contributed by atoms with van der Waals surface area (Å²) in [5.74, 6) is -1.46. The van der Waals surface area contributed by atoms with Gasteiger partial charge in [0.25, 0.3) is 0 Å². The van der Waals surface area contributed by atoms with E-state index in [1.165, 1.54) is 0 Å². The van der Waals surface area contributed by atoms with Gasteiger partial charge >= 0.3 is 5.97 Å². The molecule has 25 heavy (non-hydrogen) atoms.